The van der Waals surface area contributed by atoms with E-state index in [-0.39, 0.29) is 17.9 Å². The summed E-state index contributed by atoms with van der Waals surface area (Å²) in [6.07, 6.45) is 0.688. The van der Waals surface area contributed by atoms with Gasteiger partial charge in [-0.05, 0) is 23.6 Å². The predicted octanol–water partition coefficient (Wildman–Crippen LogP) is 0.801. The summed E-state index contributed by atoms with van der Waals surface area (Å²) in [5.74, 6) is 0.363. The van der Waals surface area contributed by atoms with Gasteiger partial charge in [-0.1, -0.05) is 26.0 Å². The Hall–Kier alpha value is -2.08. The van der Waals surface area contributed by atoms with Crippen molar-refractivity contribution in [1.29, 1.82) is 0 Å². The number of amides is 2. The molecule has 23 heavy (non-hydrogen) atoms. The van der Waals surface area contributed by atoms with Crippen LogP contribution in [0.3, 0.4) is 0 Å². The third kappa shape index (κ3) is 4.96. The fourth-order valence-electron chi connectivity index (χ4n) is 2.65. The van der Waals surface area contributed by atoms with E-state index in [0.717, 1.165) is 37.4 Å². The molecule has 1 heterocycles. The third-order valence-corrected chi connectivity index (χ3v) is 4.03. The average molecular weight is 318 g/mol. The van der Waals surface area contributed by atoms with Crippen molar-refractivity contribution in [3.05, 3.63) is 29.8 Å². The molecule has 0 aliphatic carbocycles. The van der Waals surface area contributed by atoms with Gasteiger partial charge in [-0.25, -0.2) is 0 Å². The fraction of sp³-hybridized carbons (Fsp3) is 0.529. The summed E-state index contributed by atoms with van der Waals surface area (Å²) in [4.78, 5) is 25.0. The molecule has 0 saturated carbocycles. The van der Waals surface area contributed by atoms with Gasteiger partial charge in [0.05, 0.1) is 0 Å². The lowest BCUT2D eigenvalue weighted by molar-refractivity contribution is -0.133. The summed E-state index contributed by atoms with van der Waals surface area (Å²) >= 11 is 0. The first-order valence-electron chi connectivity index (χ1n) is 8.14. The van der Waals surface area contributed by atoms with Crippen molar-refractivity contribution in [1.82, 2.24) is 15.5 Å². The Morgan fingerprint density at radius 2 is 1.91 bits per heavy atom. The topological polar surface area (TPSA) is 73.5 Å². The predicted molar refractivity (Wildman–Crippen MR) is 91.0 cm³/mol. The molecule has 126 valence electrons. The highest BCUT2D eigenvalue weighted by Gasteiger charge is 2.27. The molecule has 1 saturated heterocycles. The molecule has 1 fully saturated rings. The van der Waals surface area contributed by atoms with E-state index in [1.165, 1.54) is 0 Å². The summed E-state index contributed by atoms with van der Waals surface area (Å²) in [5, 5.41) is 9.26. The van der Waals surface area contributed by atoms with E-state index < -0.39 is 0 Å². The van der Waals surface area contributed by atoms with Gasteiger partial charge in [0.25, 0.3) is 0 Å². The second-order valence-electron chi connectivity index (χ2n) is 6.14. The number of hydrogen-bond donors (Lipinski definition) is 3. The smallest absolute Gasteiger partial charge is 0.245 e. The number of carbonyl (C=O) groups excluding carboxylic acids is 2. The highest BCUT2D eigenvalue weighted by atomic mass is 16.2. The van der Waals surface area contributed by atoms with E-state index in [0.29, 0.717) is 13.0 Å². The fourth-order valence-corrected chi connectivity index (χ4v) is 2.65. The standard InChI is InChI=1S/C17H26N4O2/c1-13(2)16(17(23)21-9-7-18-8-10-21)20-15-5-3-14(4-6-15)11-19-12-22/h3-6,12-13,16,18,20H,7-11H2,1-2H3,(H,19,22). The highest BCUT2D eigenvalue weighted by molar-refractivity contribution is 5.85. The van der Waals surface area contributed by atoms with Crippen LogP contribution in [-0.4, -0.2) is 49.4 Å². The van der Waals surface area contributed by atoms with E-state index in [2.05, 4.69) is 29.8 Å². The monoisotopic (exact) mass is 318 g/mol. The van der Waals surface area contributed by atoms with E-state index in [4.69, 9.17) is 0 Å². The third-order valence-electron chi connectivity index (χ3n) is 4.03. The molecule has 6 heteroatoms. The van der Waals surface area contributed by atoms with Crippen LogP contribution in [-0.2, 0) is 16.1 Å². The van der Waals surface area contributed by atoms with E-state index in [9.17, 15) is 9.59 Å². The number of carbonyl (C=O) groups is 2. The largest absolute Gasteiger partial charge is 0.373 e. The van der Waals surface area contributed by atoms with Gasteiger partial charge in [-0.3, -0.25) is 9.59 Å². The Morgan fingerprint density at radius 3 is 2.48 bits per heavy atom. The molecule has 0 radical (unpaired) electrons. The lowest BCUT2D eigenvalue weighted by Gasteiger charge is -2.33. The first-order valence-corrected chi connectivity index (χ1v) is 8.14. The molecule has 2 amide bonds. The number of piperazine rings is 1. The molecule has 1 unspecified atom stereocenters. The first kappa shape index (κ1) is 17.3. The lowest BCUT2D eigenvalue weighted by Crippen LogP contribution is -2.52. The van der Waals surface area contributed by atoms with Crippen molar-refractivity contribution in [2.45, 2.75) is 26.4 Å². The summed E-state index contributed by atoms with van der Waals surface area (Å²) in [7, 11) is 0. The van der Waals surface area contributed by atoms with Gasteiger partial charge in [-0.2, -0.15) is 0 Å². The molecule has 1 aliphatic heterocycles. The molecule has 1 atom stereocenters. The van der Waals surface area contributed by atoms with Gasteiger partial charge in [0.1, 0.15) is 6.04 Å². The van der Waals surface area contributed by atoms with Crippen LogP contribution in [0.15, 0.2) is 24.3 Å². The number of rotatable bonds is 7. The van der Waals surface area contributed by atoms with E-state index >= 15 is 0 Å². The molecule has 3 N–H and O–H groups in total. The number of anilines is 1. The quantitative estimate of drug-likeness (QED) is 0.650. The number of nitrogens with zero attached hydrogens (tertiary/aromatic N) is 1. The minimum absolute atomic E-state index is 0.160. The maximum absolute atomic E-state index is 12.7. The van der Waals surface area contributed by atoms with Crippen molar-refractivity contribution in [2.75, 3.05) is 31.5 Å². The Balaban J connectivity index is 2.00. The van der Waals surface area contributed by atoms with Gasteiger partial charge in [0.15, 0.2) is 0 Å². The molecule has 0 spiro atoms. The summed E-state index contributed by atoms with van der Waals surface area (Å²) in [6.45, 7) is 7.86. The molecule has 0 aromatic heterocycles. The zero-order valence-corrected chi connectivity index (χ0v) is 13.8. The van der Waals surface area contributed by atoms with Gasteiger partial charge >= 0.3 is 0 Å². The molecular weight excluding hydrogens is 292 g/mol. The number of nitrogens with one attached hydrogen (secondary N) is 3. The van der Waals surface area contributed by atoms with Crippen LogP contribution in [0, 0.1) is 5.92 Å². The van der Waals surface area contributed by atoms with Crippen molar-refractivity contribution in [2.24, 2.45) is 5.92 Å². The minimum Gasteiger partial charge on any atom is -0.373 e. The summed E-state index contributed by atoms with van der Waals surface area (Å²) < 4.78 is 0. The van der Waals surface area contributed by atoms with Gasteiger partial charge < -0.3 is 20.9 Å². The average Bonchev–Trinajstić information content (AvgIpc) is 2.59. The SMILES string of the molecule is CC(C)C(Nc1ccc(CNC=O)cc1)C(=O)N1CCNCC1. The van der Waals surface area contributed by atoms with Gasteiger partial charge in [0.2, 0.25) is 12.3 Å². The minimum atomic E-state index is -0.230. The first-order chi connectivity index (χ1) is 11.1. The highest BCUT2D eigenvalue weighted by Crippen LogP contribution is 2.16. The Bertz CT molecular complexity index is 510. The van der Waals surface area contributed by atoms with E-state index in [1.807, 2.05) is 29.2 Å². The molecule has 1 aliphatic rings. The van der Waals surface area contributed by atoms with Crippen molar-refractivity contribution < 1.29 is 9.59 Å². The van der Waals surface area contributed by atoms with Gasteiger partial charge in [-0.15, -0.1) is 0 Å². The van der Waals surface area contributed by atoms with Gasteiger partial charge in [0, 0.05) is 38.4 Å². The maximum atomic E-state index is 12.7. The molecule has 1 aromatic carbocycles. The van der Waals surface area contributed by atoms with Crippen LogP contribution in [0.1, 0.15) is 19.4 Å². The van der Waals surface area contributed by atoms with Crippen LogP contribution in [0.2, 0.25) is 0 Å². The van der Waals surface area contributed by atoms with Crippen molar-refractivity contribution in [3.8, 4) is 0 Å². The molecule has 0 bridgehead atoms. The van der Waals surface area contributed by atoms with Crippen LogP contribution < -0.4 is 16.0 Å². The number of hydrogen-bond acceptors (Lipinski definition) is 4. The molecule has 2 rings (SSSR count). The summed E-state index contributed by atoms with van der Waals surface area (Å²) in [5.41, 5.74) is 1.94. The molecule has 1 aromatic rings. The van der Waals surface area contributed by atoms with Crippen molar-refractivity contribution in [3.63, 3.8) is 0 Å². The molecular formula is C17H26N4O2. The molecule has 6 nitrogen and oxygen atoms in total. The van der Waals surface area contributed by atoms with Crippen LogP contribution >= 0.6 is 0 Å². The number of benzene rings is 1. The normalized spacial score (nSPS) is 16.0. The summed E-state index contributed by atoms with van der Waals surface area (Å²) in [6, 6.07) is 7.56. The second-order valence-corrected chi connectivity index (χ2v) is 6.14. The Kier molecular flexibility index (Phi) is 6.40. The lowest BCUT2D eigenvalue weighted by atomic mass is 10.0. The van der Waals surface area contributed by atoms with Crippen LogP contribution in [0.4, 0.5) is 5.69 Å². The second kappa shape index (κ2) is 8.53. The zero-order valence-electron chi connectivity index (χ0n) is 13.8. The van der Waals surface area contributed by atoms with Crippen LogP contribution in [0.25, 0.3) is 0 Å². The zero-order chi connectivity index (χ0) is 16.7. The van der Waals surface area contributed by atoms with Crippen LogP contribution in [0.5, 0.6) is 0 Å². The van der Waals surface area contributed by atoms with Crippen molar-refractivity contribution >= 4 is 18.0 Å². The Morgan fingerprint density at radius 1 is 1.26 bits per heavy atom. The maximum Gasteiger partial charge on any atom is 0.245 e. The Labute approximate surface area is 137 Å². The van der Waals surface area contributed by atoms with E-state index in [1.54, 1.807) is 0 Å².